The van der Waals surface area contributed by atoms with E-state index in [9.17, 15) is 24.3 Å². The van der Waals surface area contributed by atoms with Gasteiger partial charge in [-0.05, 0) is 45.1 Å². The molecule has 0 aromatic heterocycles. The Morgan fingerprint density at radius 1 is 1.19 bits per heavy atom. The van der Waals surface area contributed by atoms with Crippen molar-refractivity contribution in [1.29, 1.82) is 0 Å². The average Bonchev–Trinajstić information content (AvgIpc) is 2.80. The molecule has 1 aromatic rings. The monoisotopic (exact) mass is 443 g/mol. The first kappa shape index (κ1) is 25.1. The minimum atomic E-state index is -0.913. The highest BCUT2D eigenvalue weighted by Crippen LogP contribution is 2.17. The number of carboxylic acid groups (broad SMARTS) is 1. The number of allylic oxidation sites excluding steroid dienone is 1. The summed E-state index contributed by atoms with van der Waals surface area (Å²) in [6.07, 6.45) is 5.79. The van der Waals surface area contributed by atoms with E-state index >= 15 is 0 Å². The van der Waals surface area contributed by atoms with Crippen LogP contribution in [0, 0.1) is 5.92 Å². The zero-order chi connectivity index (χ0) is 23.5. The lowest BCUT2D eigenvalue weighted by Gasteiger charge is -2.33. The van der Waals surface area contributed by atoms with Crippen molar-refractivity contribution >= 4 is 23.7 Å². The Hall–Kier alpha value is -3.16. The summed E-state index contributed by atoms with van der Waals surface area (Å²) < 4.78 is 0. The molecule has 0 radical (unpaired) electrons. The normalized spacial score (nSPS) is 18.1. The van der Waals surface area contributed by atoms with Crippen LogP contribution >= 0.6 is 0 Å². The Labute approximate surface area is 189 Å². The molecular formula is C24H33N3O5. The number of nitrogens with zero attached hydrogens (tertiary/aromatic N) is 1. The summed E-state index contributed by atoms with van der Waals surface area (Å²) in [5.41, 5.74) is 1.05. The van der Waals surface area contributed by atoms with Gasteiger partial charge in [0, 0.05) is 19.5 Å². The molecule has 1 heterocycles. The van der Waals surface area contributed by atoms with Crippen LogP contribution in [0.4, 0.5) is 0 Å². The molecule has 3 N–H and O–H groups in total. The van der Waals surface area contributed by atoms with Gasteiger partial charge in [0.15, 0.2) is 0 Å². The number of amides is 3. The summed E-state index contributed by atoms with van der Waals surface area (Å²) in [6, 6.07) is 8.06. The number of likely N-dealkylation sites (tertiary alicyclic amines) is 1. The zero-order valence-electron chi connectivity index (χ0n) is 18.8. The summed E-state index contributed by atoms with van der Waals surface area (Å²) in [4.78, 5) is 50.7. The van der Waals surface area contributed by atoms with Crippen LogP contribution in [0.5, 0.6) is 0 Å². The summed E-state index contributed by atoms with van der Waals surface area (Å²) in [5, 5.41) is 14.7. The highest BCUT2D eigenvalue weighted by atomic mass is 16.4. The van der Waals surface area contributed by atoms with Crippen LogP contribution in [-0.2, 0) is 25.6 Å². The largest absolute Gasteiger partial charge is 0.481 e. The minimum Gasteiger partial charge on any atom is -0.481 e. The van der Waals surface area contributed by atoms with Gasteiger partial charge < -0.3 is 20.6 Å². The molecule has 8 heteroatoms. The molecule has 1 aliphatic heterocycles. The Morgan fingerprint density at radius 3 is 2.56 bits per heavy atom. The second-order valence-electron chi connectivity index (χ2n) is 8.11. The molecule has 3 amide bonds. The molecule has 0 bridgehead atoms. The van der Waals surface area contributed by atoms with E-state index in [1.807, 2.05) is 37.3 Å². The average molecular weight is 444 g/mol. The molecule has 0 saturated carbocycles. The maximum Gasteiger partial charge on any atom is 0.308 e. The van der Waals surface area contributed by atoms with E-state index in [0.29, 0.717) is 32.2 Å². The number of benzene rings is 1. The molecule has 1 aromatic carbocycles. The molecular weight excluding hydrogens is 410 g/mol. The smallest absolute Gasteiger partial charge is 0.308 e. The fourth-order valence-electron chi connectivity index (χ4n) is 3.73. The molecule has 1 fully saturated rings. The van der Waals surface area contributed by atoms with Crippen LogP contribution in [0.2, 0.25) is 0 Å². The Balaban J connectivity index is 2.00. The zero-order valence-corrected chi connectivity index (χ0v) is 18.8. The number of carboxylic acids is 1. The third-order valence-electron chi connectivity index (χ3n) is 5.57. The maximum absolute atomic E-state index is 12.9. The van der Waals surface area contributed by atoms with Gasteiger partial charge in [0.05, 0.1) is 5.92 Å². The second-order valence-corrected chi connectivity index (χ2v) is 8.11. The van der Waals surface area contributed by atoms with Gasteiger partial charge >= 0.3 is 5.97 Å². The Kier molecular flexibility index (Phi) is 9.91. The van der Waals surface area contributed by atoms with Crippen LogP contribution in [0.15, 0.2) is 42.5 Å². The first-order valence-electron chi connectivity index (χ1n) is 11.1. The molecule has 8 nitrogen and oxygen atoms in total. The number of carbonyl (C=O) groups excluding carboxylic acids is 3. The maximum atomic E-state index is 12.9. The lowest BCUT2D eigenvalue weighted by atomic mass is 9.97. The molecule has 2 rings (SSSR count). The molecule has 0 aliphatic carbocycles. The number of piperidine rings is 1. The lowest BCUT2D eigenvalue weighted by molar-refractivity contribution is -0.146. The summed E-state index contributed by atoms with van der Waals surface area (Å²) in [5.74, 6) is -2.51. The van der Waals surface area contributed by atoms with Gasteiger partial charge in [-0.3, -0.25) is 19.2 Å². The van der Waals surface area contributed by atoms with Gasteiger partial charge in [-0.1, -0.05) is 42.5 Å². The third kappa shape index (κ3) is 7.83. The van der Waals surface area contributed by atoms with Crippen LogP contribution in [0.1, 0.15) is 45.1 Å². The first-order valence-corrected chi connectivity index (χ1v) is 11.1. The van der Waals surface area contributed by atoms with Crippen LogP contribution < -0.4 is 10.6 Å². The van der Waals surface area contributed by atoms with Crippen molar-refractivity contribution in [3.8, 4) is 0 Å². The van der Waals surface area contributed by atoms with Crippen molar-refractivity contribution in [1.82, 2.24) is 15.5 Å². The molecule has 3 atom stereocenters. The van der Waals surface area contributed by atoms with Gasteiger partial charge in [0.2, 0.25) is 17.7 Å². The van der Waals surface area contributed by atoms with E-state index in [4.69, 9.17) is 0 Å². The highest BCUT2D eigenvalue weighted by molar-refractivity contribution is 5.92. The van der Waals surface area contributed by atoms with Gasteiger partial charge in [-0.15, -0.1) is 0 Å². The van der Waals surface area contributed by atoms with Crippen molar-refractivity contribution in [3.63, 3.8) is 0 Å². The minimum absolute atomic E-state index is 0.145. The Bertz CT molecular complexity index is 824. The predicted molar refractivity (Wildman–Crippen MR) is 121 cm³/mol. The van der Waals surface area contributed by atoms with Crippen LogP contribution in [0.25, 0.3) is 0 Å². The quantitative estimate of drug-likeness (QED) is 0.478. The fraction of sp³-hybridized carbons (Fsp3) is 0.500. The van der Waals surface area contributed by atoms with Gasteiger partial charge in [-0.2, -0.15) is 0 Å². The Morgan fingerprint density at radius 2 is 1.91 bits per heavy atom. The number of aryl methyl sites for hydroxylation is 1. The molecule has 1 unspecified atom stereocenters. The number of hydrogen-bond donors (Lipinski definition) is 3. The molecule has 0 spiro atoms. The summed E-state index contributed by atoms with van der Waals surface area (Å²) in [6.45, 7) is 4.02. The third-order valence-corrected chi connectivity index (χ3v) is 5.57. The number of nitrogens with one attached hydrogen (secondary N) is 2. The fourth-order valence-corrected chi connectivity index (χ4v) is 3.73. The SMILES string of the molecule is C/C=C/CC(=O)N[C@@H](CCc1ccccc1)C(=O)N[C@@H](C)C(=O)N1CCCC(C(=O)O)C1. The van der Waals surface area contributed by atoms with E-state index in [1.54, 1.807) is 19.1 Å². The van der Waals surface area contributed by atoms with Crippen molar-refractivity contribution in [3.05, 3.63) is 48.0 Å². The van der Waals surface area contributed by atoms with Crippen molar-refractivity contribution < 1.29 is 24.3 Å². The standard InChI is InChI=1S/C24H33N3O5/c1-3-4-12-21(28)26-20(14-13-18-9-6-5-7-10-18)22(29)25-17(2)23(30)27-15-8-11-19(16-27)24(31)32/h3-7,9-10,17,19-20H,8,11-16H2,1-2H3,(H,25,29)(H,26,28)(H,31,32)/b4-3+/t17-,19?,20-/m0/s1. The van der Waals surface area contributed by atoms with E-state index in [2.05, 4.69) is 10.6 Å². The van der Waals surface area contributed by atoms with Crippen molar-refractivity contribution in [2.75, 3.05) is 13.1 Å². The summed E-state index contributed by atoms with van der Waals surface area (Å²) in [7, 11) is 0. The summed E-state index contributed by atoms with van der Waals surface area (Å²) >= 11 is 0. The number of hydrogen-bond acceptors (Lipinski definition) is 4. The van der Waals surface area contributed by atoms with E-state index < -0.39 is 29.9 Å². The molecule has 32 heavy (non-hydrogen) atoms. The van der Waals surface area contributed by atoms with Crippen LogP contribution in [-0.4, -0.2) is 58.9 Å². The number of aliphatic carboxylic acids is 1. The van der Waals surface area contributed by atoms with E-state index in [1.165, 1.54) is 4.90 Å². The topological polar surface area (TPSA) is 116 Å². The van der Waals surface area contributed by atoms with Gasteiger partial charge in [0.25, 0.3) is 0 Å². The number of rotatable bonds is 10. The molecule has 1 saturated heterocycles. The van der Waals surface area contributed by atoms with E-state index in [-0.39, 0.29) is 24.8 Å². The number of carbonyl (C=O) groups is 4. The second kappa shape index (κ2) is 12.6. The van der Waals surface area contributed by atoms with Gasteiger partial charge in [0.1, 0.15) is 12.1 Å². The predicted octanol–water partition coefficient (Wildman–Crippen LogP) is 1.90. The van der Waals surface area contributed by atoms with E-state index in [0.717, 1.165) is 5.56 Å². The van der Waals surface area contributed by atoms with Gasteiger partial charge in [-0.25, -0.2) is 0 Å². The molecule has 174 valence electrons. The highest BCUT2D eigenvalue weighted by Gasteiger charge is 2.31. The first-order chi connectivity index (χ1) is 15.3. The van der Waals surface area contributed by atoms with Crippen molar-refractivity contribution in [2.45, 2.75) is 58.0 Å². The van der Waals surface area contributed by atoms with Crippen LogP contribution in [0.3, 0.4) is 0 Å². The lowest BCUT2D eigenvalue weighted by Crippen LogP contribution is -2.55. The van der Waals surface area contributed by atoms with Crippen molar-refractivity contribution in [2.24, 2.45) is 5.92 Å². The molecule has 1 aliphatic rings.